The van der Waals surface area contributed by atoms with Crippen LogP contribution in [0.5, 0.6) is 5.75 Å². The zero-order valence-electron chi connectivity index (χ0n) is 19.3. The van der Waals surface area contributed by atoms with Gasteiger partial charge >= 0.3 is 0 Å². The Balaban J connectivity index is 1.37. The third kappa shape index (κ3) is 4.54. The summed E-state index contributed by atoms with van der Waals surface area (Å²) >= 11 is 0. The molecule has 0 amide bonds. The third-order valence-electron chi connectivity index (χ3n) is 7.32. The number of fused-ring (bicyclic) bond motifs is 1. The molecule has 3 heterocycles. The normalized spacial score (nSPS) is 23.8. The van der Waals surface area contributed by atoms with Crippen molar-refractivity contribution in [1.29, 1.82) is 0 Å². The fourth-order valence-electron chi connectivity index (χ4n) is 5.67. The molecule has 0 aliphatic carbocycles. The molecule has 2 aliphatic rings. The SMILES string of the molecule is COc1ccccc1-c1ccc([C@H]2[C@H](CO)N3CCCCN(Cc4ccncc4)C[C@@H]23)cc1. The lowest BCUT2D eigenvalue weighted by atomic mass is 9.74. The van der Waals surface area contributed by atoms with Crippen molar-refractivity contribution in [3.63, 3.8) is 0 Å². The van der Waals surface area contributed by atoms with E-state index in [0.29, 0.717) is 12.0 Å². The van der Waals surface area contributed by atoms with Crippen LogP contribution in [0.25, 0.3) is 11.1 Å². The first-order chi connectivity index (χ1) is 16.3. The molecular formula is C28H33N3O2. The molecule has 1 aromatic heterocycles. The van der Waals surface area contributed by atoms with Crippen molar-refractivity contribution in [3.8, 4) is 16.9 Å². The van der Waals surface area contributed by atoms with Crippen LogP contribution in [0, 0.1) is 0 Å². The standard InChI is InChI=1S/C28H33N3O2/c1-33-27-7-3-2-6-24(27)22-8-10-23(11-9-22)28-25-19-30(18-21-12-14-29-15-13-21)16-4-5-17-31(25)26(28)20-32/h2-3,6-15,25-26,28,32H,4-5,16-20H2,1H3/t25-,26-,28+/m0/s1. The van der Waals surface area contributed by atoms with Gasteiger partial charge in [-0.3, -0.25) is 14.8 Å². The van der Waals surface area contributed by atoms with Crippen molar-refractivity contribution < 1.29 is 9.84 Å². The van der Waals surface area contributed by atoms with Crippen molar-refractivity contribution in [2.75, 3.05) is 33.4 Å². The molecule has 0 saturated carbocycles. The lowest BCUT2D eigenvalue weighted by Crippen LogP contribution is -2.67. The fraction of sp³-hybridized carbons (Fsp3) is 0.393. The Morgan fingerprint density at radius 1 is 0.970 bits per heavy atom. The number of rotatable bonds is 6. The van der Waals surface area contributed by atoms with Crippen LogP contribution in [-0.4, -0.2) is 65.3 Å². The molecule has 3 atom stereocenters. The number of aromatic nitrogens is 1. The Hall–Kier alpha value is -2.73. The van der Waals surface area contributed by atoms with Crippen molar-refractivity contribution in [3.05, 3.63) is 84.2 Å². The molecule has 0 spiro atoms. The Bertz CT molecular complexity index is 1040. The van der Waals surface area contributed by atoms with Crippen LogP contribution < -0.4 is 4.74 Å². The van der Waals surface area contributed by atoms with Crippen molar-refractivity contribution in [2.45, 2.75) is 37.4 Å². The van der Waals surface area contributed by atoms with E-state index in [-0.39, 0.29) is 12.6 Å². The number of benzene rings is 2. The minimum atomic E-state index is 0.202. The summed E-state index contributed by atoms with van der Waals surface area (Å²) < 4.78 is 5.55. The van der Waals surface area contributed by atoms with Crippen molar-refractivity contribution >= 4 is 0 Å². The highest BCUT2D eigenvalue weighted by Gasteiger charge is 2.49. The maximum atomic E-state index is 10.2. The first kappa shape index (κ1) is 22.1. The zero-order chi connectivity index (χ0) is 22.6. The summed E-state index contributed by atoms with van der Waals surface area (Å²) in [7, 11) is 1.72. The molecule has 2 aromatic carbocycles. The molecule has 0 bridgehead atoms. The second-order valence-electron chi connectivity index (χ2n) is 9.20. The molecule has 0 unspecified atom stereocenters. The minimum Gasteiger partial charge on any atom is -0.496 e. The van der Waals surface area contributed by atoms with Gasteiger partial charge in [-0.15, -0.1) is 0 Å². The first-order valence-electron chi connectivity index (χ1n) is 12.0. The van der Waals surface area contributed by atoms with E-state index in [2.05, 4.69) is 57.2 Å². The lowest BCUT2D eigenvalue weighted by Gasteiger charge is -2.57. The molecular weight excluding hydrogens is 410 g/mol. The van der Waals surface area contributed by atoms with E-state index in [0.717, 1.165) is 43.1 Å². The van der Waals surface area contributed by atoms with Gasteiger partial charge in [-0.1, -0.05) is 42.5 Å². The highest BCUT2D eigenvalue weighted by Crippen LogP contribution is 2.42. The summed E-state index contributed by atoms with van der Waals surface area (Å²) in [5.74, 6) is 1.24. The average Bonchev–Trinajstić information content (AvgIpc) is 2.85. The number of aliphatic hydroxyl groups excluding tert-OH is 1. The molecule has 0 radical (unpaired) electrons. The summed E-state index contributed by atoms with van der Waals surface area (Å²) in [6.45, 7) is 4.39. The van der Waals surface area contributed by atoms with Crippen LogP contribution in [0.2, 0.25) is 0 Å². The second kappa shape index (κ2) is 10.0. The Morgan fingerprint density at radius 2 is 1.73 bits per heavy atom. The number of nitrogens with zero attached hydrogens (tertiary/aromatic N) is 3. The first-order valence-corrected chi connectivity index (χ1v) is 12.0. The highest BCUT2D eigenvalue weighted by molar-refractivity contribution is 5.70. The maximum Gasteiger partial charge on any atom is 0.126 e. The van der Waals surface area contributed by atoms with Crippen molar-refractivity contribution in [1.82, 2.24) is 14.8 Å². The summed E-state index contributed by atoms with van der Waals surface area (Å²) in [6.07, 6.45) is 6.13. The molecule has 3 aromatic rings. The van der Waals surface area contributed by atoms with Gasteiger partial charge in [-0.05, 0) is 60.8 Å². The fourth-order valence-corrected chi connectivity index (χ4v) is 5.67. The van der Waals surface area contributed by atoms with Gasteiger partial charge in [-0.25, -0.2) is 0 Å². The smallest absolute Gasteiger partial charge is 0.126 e. The van der Waals surface area contributed by atoms with Gasteiger partial charge in [0.15, 0.2) is 0 Å². The summed E-state index contributed by atoms with van der Waals surface area (Å²) in [6, 6.07) is 21.9. The van der Waals surface area contributed by atoms with Gasteiger partial charge in [0.2, 0.25) is 0 Å². The van der Waals surface area contributed by atoms with E-state index >= 15 is 0 Å². The summed E-state index contributed by atoms with van der Waals surface area (Å²) in [5.41, 5.74) is 4.89. The monoisotopic (exact) mass is 443 g/mol. The predicted octanol–water partition coefficient (Wildman–Crippen LogP) is 4.18. The van der Waals surface area contributed by atoms with E-state index in [1.807, 2.05) is 30.6 Å². The van der Waals surface area contributed by atoms with Crippen LogP contribution in [0.1, 0.15) is 29.9 Å². The van der Waals surface area contributed by atoms with Crippen LogP contribution in [-0.2, 0) is 6.54 Å². The van der Waals surface area contributed by atoms with Gasteiger partial charge in [-0.2, -0.15) is 0 Å². The van der Waals surface area contributed by atoms with Crippen LogP contribution >= 0.6 is 0 Å². The molecule has 5 rings (SSSR count). The predicted molar refractivity (Wildman–Crippen MR) is 131 cm³/mol. The second-order valence-corrected chi connectivity index (χ2v) is 9.20. The number of para-hydroxylation sites is 1. The maximum absolute atomic E-state index is 10.2. The largest absolute Gasteiger partial charge is 0.496 e. The summed E-state index contributed by atoms with van der Waals surface area (Å²) in [4.78, 5) is 9.28. The van der Waals surface area contributed by atoms with Crippen LogP contribution in [0.3, 0.4) is 0 Å². The van der Waals surface area contributed by atoms with Crippen LogP contribution in [0.15, 0.2) is 73.1 Å². The van der Waals surface area contributed by atoms with Gasteiger partial charge in [0.25, 0.3) is 0 Å². The molecule has 5 heteroatoms. The molecule has 33 heavy (non-hydrogen) atoms. The Morgan fingerprint density at radius 3 is 2.48 bits per heavy atom. The van der Waals surface area contributed by atoms with E-state index in [9.17, 15) is 5.11 Å². The molecule has 1 N–H and O–H groups in total. The molecule has 5 nitrogen and oxygen atoms in total. The number of hydrogen-bond acceptors (Lipinski definition) is 5. The van der Waals surface area contributed by atoms with E-state index in [1.165, 1.54) is 24.0 Å². The average molecular weight is 444 g/mol. The van der Waals surface area contributed by atoms with Gasteiger partial charge in [0.1, 0.15) is 5.75 Å². The van der Waals surface area contributed by atoms with Crippen molar-refractivity contribution in [2.24, 2.45) is 0 Å². The molecule has 2 saturated heterocycles. The van der Waals surface area contributed by atoms with Gasteiger partial charge in [0.05, 0.1) is 13.7 Å². The molecule has 2 aliphatic heterocycles. The highest BCUT2D eigenvalue weighted by atomic mass is 16.5. The van der Waals surface area contributed by atoms with Gasteiger partial charge < -0.3 is 9.84 Å². The molecule has 172 valence electrons. The number of pyridine rings is 1. The minimum absolute atomic E-state index is 0.202. The Labute approximate surface area is 196 Å². The van der Waals surface area contributed by atoms with E-state index < -0.39 is 0 Å². The zero-order valence-corrected chi connectivity index (χ0v) is 19.3. The quantitative estimate of drug-likeness (QED) is 0.619. The van der Waals surface area contributed by atoms with Gasteiger partial charge in [0, 0.05) is 49.0 Å². The van der Waals surface area contributed by atoms with E-state index in [4.69, 9.17) is 4.74 Å². The number of methoxy groups -OCH3 is 1. The summed E-state index contributed by atoms with van der Waals surface area (Å²) in [5, 5.41) is 10.2. The van der Waals surface area contributed by atoms with E-state index in [1.54, 1.807) is 7.11 Å². The number of aliphatic hydroxyl groups is 1. The molecule has 2 fully saturated rings. The Kier molecular flexibility index (Phi) is 6.72. The number of hydrogen-bond donors (Lipinski definition) is 1. The van der Waals surface area contributed by atoms with Crippen LogP contribution in [0.4, 0.5) is 0 Å². The topological polar surface area (TPSA) is 48.8 Å². The number of ether oxygens (including phenoxy) is 1. The lowest BCUT2D eigenvalue weighted by molar-refractivity contribution is -0.0655. The third-order valence-corrected chi connectivity index (χ3v) is 7.32.